The second-order valence-corrected chi connectivity index (χ2v) is 3.77. The van der Waals surface area contributed by atoms with E-state index in [1.54, 1.807) is 51.5 Å². The summed E-state index contributed by atoms with van der Waals surface area (Å²) in [5, 5.41) is 2.55. The molecule has 4 nitrogen and oxygen atoms in total. The van der Waals surface area contributed by atoms with Crippen molar-refractivity contribution in [2.24, 2.45) is 0 Å². The fraction of sp³-hybridized carbons (Fsp3) is 0.231. The summed E-state index contributed by atoms with van der Waals surface area (Å²) in [5.74, 6) is -0.190. The molecule has 0 aliphatic heterocycles. The Hall–Kier alpha value is -2.10. The number of nitrogens with one attached hydrogen (secondary N) is 1. The first-order valence-electron chi connectivity index (χ1n) is 5.26. The molecule has 0 heterocycles. The summed E-state index contributed by atoms with van der Waals surface area (Å²) in [6.45, 7) is 0. The number of benzene rings is 1. The van der Waals surface area contributed by atoms with E-state index in [-0.39, 0.29) is 11.8 Å². The van der Waals surface area contributed by atoms with Crippen LogP contribution in [-0.2, 0) is 4.79 Å². The number of carbonyl (C=O) groups is 2. The normalized spacial score (nSPS) is 10.3. The maximum Gasteiger partial charge on any atom is 0.251 e. The lowest BCUT2D eigenvalue weighted by Crippen LogP contribution is -2.18. The van der Waals surface area contributed by atoms with E-state index in [2.05, 4.69) is 5.32 Å². The minimum Gasteiger partial charge on any atom is -0.355 e. The van der Waals surface area contributed by atoms with Crippen LogP contribution in [0.4, 0.5) is 0 Å². The molecule has 0 bridgehead atoms. The molecule has 1 N–H and O–H groups in total. The third-order valence-electron chi connectivity index (χ3n) is 2.26. The summed E-state index contributed by atoms with van der Waals surface area (Å²) < 4.78 is 0. The van der Waals surface area contributed by atoms with Crippen molar-refractivity contribution in [3.63, 3.8) is 0 Å². The summed E-state index contributed by atoms with van der Waals surface area (Å²) >= 11 is 0. The van der Waals surface area contributed by atoms with Crippen LogP contribution >= 0.6 is 0 Å². The smallest absolute Gasteiger partial charge is 0.251 e. The molecule has 0 aromatic heterocycles. The summed E-state index contributed by atoms with van der Waals surface area (Å²) in [4.78, 5) is 24.1. The molecular formula is C13H16N2O2. The van der Waals surface area contributed by atoms with E-state index in [1.807, 2.05) is 0 Å². The van der Waals surface area contributed by atoms with Gasteiger partial charge in [-0.2, -0.15) is 0 Å². The Bertz CT molecular complexity index is 433. The van der Waals surface area contributed by atoms with Crippen LogP contribution in [0.5, 0.6) is 0 Å². The highest BCUT2D eigenvalue weighted by Gasteiger charge is 2.01. The van der Waals surface area contributed by atoms with Gasteiger partial charge < -0.3 is 10.2 Å². The average molecular weight is 232 g/mol. The Morgan fingerprint density at radius 1 is 1.18 bits per heavy atom. The standard InChI is InChI=1S/C13H16N2O2/c1-14-13(17)11-7-4-10(5-8-11)6-9-12(16)15(2)3/h4-9H,1-3H3,(H,14,17). The van der Waals surface area contributed by atoms with Crippen molar-refractivity contribution in [3.8, 4) is 0 Å². The molecule has 0 spiro atoms. The maximum atomic E-state index is 11.3. The molecule has 0 radical (unpaired) electrons. The Morgan fingerprint density at radius 2 is 1.76 bits per heavy atom. The van der Waals surface area contributed by atoms with E-state index in [0.717, 1.165) is 5.56 Å². The number of likely N-dealkylation sites (N-methyl/N-ethyl adjacent to an activating group) is 1. The molecule has 17 heavy (non-hydrogen) atoms. The van der Waals surface area contributed by atoms with Crippen LogP contribution in [0.3, 0.4) is 0 Å². The van der Waals surface area contributed by atoms with E-state index in [9.17, 15) is 9.59 Å². The van der Waals surface area contributed by atoms with Gasteiger partial charge in [0, 0.05) is 32.8 Å². The molecule has 0 atom stereocenters. The van der Waals surface area contributed by atoms with E-state index >= 15 is 0 Å². The molecule has 2 amide bonds. The molecule has 90 valence electrons. The van der Waals surface area contributed by atoms with Crippen LogP contribution in [0.15, 0.2) is 30.3 Å². The van der Waals surface area contributed by atoms with E-state index < -0.39 is 0 Å². The molecule has 0 aliphatic rings. The summed E-state index contributed by atoms with van der Waals surface area (Å²) in [6, 6.07) is 7.03. The minimum atomic E-state index is -0.120. The van der Waals surface area contributed by atoms with Gasteiger partial charge in [-0.1, -0.05) is 12.1 Å². The van der Waals surface area contributed by atoms with Gasteiger partial charge in [0.1, 0.15) is 0 Å². The van der Waals surface area contributed by atoms with Gasteiger partial charge in [-0.15, -0.1) is 0 Å². The first-order valence-corrected chi connectivity index (χ1v) is 5.26. The van der Waals surface area contributed by atoms with Crippen molar-refractivity contribution in [3.05, 3.63) is 41.5 Å². The number of hydrogen-bond acceptors (Lipinski definition) is 2. The topological polar surface area (TPSA) is 49.4 Å². The van der Waals surface area contributed by atoms with E-state index in [0.29, 0.717) is 5.56 Å². The number of carbonyl (C=O) groups excluding carboxylic acids is 2. The van der Waals surface area contributed by atoms with Crippen molar-refractivity contribution >= 4 is 17.9 Å². The first-order chi connectivity index (χ1) is 8.04. The SMILES string of the molecule is CNC(=O)c1ccc(C=CC(=O)N(C)C)cc1. The molecule has 4 heteroatoms. The number of rotatable bonds is 3. The fourth-order valence-electron chi connectivity index (χ4n) is 1.21. The van der Waals surface area contributed by atoms with Crippen molar-refractivity contribution in [2.75, 3.05) is 21.1 Å². The quantitative estimate of drug-likeness (QED) is 0.795. The molecule has 0 saturated heterocycles. The van der Waals surface area contributed by atoms with Gasteiger partial charge in [0.2, 0.25) is 5.91 Å². The Labute approximate surface area is 101 Å². The van der Waals surface area contributed by atoms with Gasteiger partial charge in [-0.05, 0) is 23.8 Å². The highest BCUT2D eigenvalue weighted by Crippen LogP contribution is 2.06. The summed E-state index contributed by atoms with van der Waals surface area (Å²) in [7, 11) is 4.98. The monoisotopic (exact) mass is 232 g/mol. The number of hydrogen-bond donors (Lipinski definition) is 1. The second kappa shape index (κ2) is 5.84. The van der Waals surface area contributed by atoms with Crippen LogP contribution in [0, 0.1) is 0 Å². The molecule has 0 fully saturated rings. The van der Waals surface area contributed by atoms with Crippen molar-refractivity contribution in [1.29, 1.82) is 0 Å². The average Bonchev–Trinajstić information content (AvgIpc) is 2.35. The van der Waals surface area contributed by atoms with Crippen LogP contribution in [0.25, 0.3) is 6.08 Å². The lowest BCUT2D eigenvalue weighted by Gasteiger charge is -2.05. The van der Waals surface area contributed by atoms with Gasteiger partial charge in [-0.3, -0.25) is 9.59 Å². The lowest BCUT2D eigenvalue weighted by molar-refractivity contribution is -0.123. The fourth-order valence-corrected chi connectivity index (χ4v) is 1.21. The first kappa shape index (κ1) is 13.0. The molecular weight excluding hydrogens is 216 g/mol. The summed E-state index contributed by atoms with van der Waals surface area (Å²) in [6.07, 6.45) is 3.21. The van der Waals surface area contributed by atoms with Gasteiger partial charge in [0.25, 0.3) is 5.91 Å². The zero-order chi connectivity index (χ0) is 12.8. The van der Waals surface area contributed by atoms with Crippen molar-refractivity contribution < 1.29 is 9.59 Å². The number of amides is 2. The number of nitrogens with zero attached hydrogens (tertiary/aromatic N) is 1. The molecule has 1 aromatic carbocycles. The minimum absolute atomic E-state index is 0.0691. The molecule has 1 aromatic rings. The van der Waals surface area contributed by atoms with Gasteiger partial charge in [0.05, 0.1) is 0 Å². The van der Waals surface area contributed by atoms with Crippen LogP contribution in [0.1, 0.15) is 15.9 Å². The van der Waals surface area contributed by atoms with Crippen molar-refractivity contribution in [1.82, 2.24) is 10.2 Å². The van der Waals surface area contributed by atoms with Crippen LogP contribution in [0.2, 0.25) is 0 Å². The van der Waals surface area contributed by atoms with Gasteiger partial charge >= 0.3 is 0 Å². The third-order valence-corrected chi connectivity index (χ3v) is 2.26. The van der Waals surface area contributed by atoms with Gasteiger partial charge in [0.15, 0.2) is 0 Å². The van der Waals surface area contributed by atoms with E-state index in [4.69, 9.17) is 0 Å². The largest absolute Gasteiger partial charge is 0.355 e. The molecule has 0 saturated carbocycles. The van der Waals surface area contributed by atoms with Crippen molar-refractivity contribution in [2.45, 2.75) is 0 Å². The predicted molar refractivity (Wildman–Crippen MR) is 67.6 cm³/mol. The highest BCUT2D eigenvalue weighted by atomic mass is 16.2. The maximum absolute atomic E-state index is 11.3. The molecule has 1 rings (SSSR count). The van der Waals surface area contributed by atoms with Crippen LogP contribution in [-0.4, -0.2) is 37.9 Å². The Kier molecular flexibility index (Phi) is 4.46. The second-order valence-electron chi connectivity index (χ2n) is 3.77. The molecule has 0 aliphatic carbocycles. The third kappa shape index (κ3) is 3.75. The zero-order valence-electron chi connectivity index (χ0n) is 10.2. The van der Waals surface area contributed by atoms with Crippen LogP contribution < -0.4 is 5.32 Å². The predicted octanol–water partition coefficient (Wildman–Crippen LogP) is 1.15. The van der Waals surface area contributed by atoms with Gasteiger partial charge in [-0.25, -0.2) is 0 Å². The Balaban J connectivity index is 2.75. The summed E-state index contributed by atoms with van der Waals surface area (Å²) in [5.41, 5.74) is 1.48. The molecule has 0 unspecified atom stereocenters. The highest BCUT2D eigenvalue weighted by molar-refractivity contribution is 5.94. The van der Waals surface area contributed by atoms with E-state index in [1.165, 1.54) is 11.0 Å². The zero-order valence-corrected chi connectivity index (χ0v) is 10.2. The lowest BCUT2D eigenvalue weighted by atomic mass is 10.1. The Morgan fingerprint density at radius 3 is 2.24 bits per heavy atom.